The normalized spacial score (nSPS) is 10.4. The highest BCUT2D eigenvalue weighted by atomic mass is 79.9. The highest BCUT2D eigenvalue weighted by Crippen LogP contribution is 2.22. The third kappa shape index (κ3) is 4.47. The van der Waals surface area contributed by atoms with Crippen molar-refractivity contribution in [3.8, 4) is 0 Å². The average molecular weight is 288 g/mol. The topological polar surface area (TPSA) is 60.2 Å². The van der Waals surface area contributed by atoms with E-state index in [9.17, 15) is 0 Å². The van der Waals surface area contributed by atoms with E-state index in [0.717, 1.165) is 29.9 Å². The zero-order valence-corrected chi connectivity index (χ0v) is 11.1. The predicted molar refractivity (Wildman–Crippen MR) is 69.7 cm³/mol. The van der Waals surface area contributed by atoms with Gasteiger partial charge in [0.1, 0.15) is 5.82 Å². The van der Waals surface area contributed by atoms with Crippen molar-refractivity contribution in [2.24, 2.45) is 5.73 Å². The molecule has 90 valence electrons. The molecule has 1 heterocycles. The lowest BCUT2D eigenvalue weighted by molar-refractivity contribution is 0.141. The summed E-state index contributed by atoms with van der Waals surface area (Å²) in [6, 6.07) is 1.97. The Hall–Kier alpha value is -0.650. The fourth-order valence-corrected chi connectivity index (χ4v) is 1.60. The van der Waals surface area contributed by atoms with Crippen molar-refractivity contribution in [1.82, 2.24) is 4.98 Å². The van der Waals surface area contributed by atoms with E-state index >= 15 is 0 Å². The van der Waals surface area contributed by atoms with Crippen LogP contribution in [-0.4, -0.2) is 31.3 Å². The van der Waals surface area contributed by atoms with Gasteiger partial charge >= 0.3 is 0 Å². The van der Waals surface area contributed by atoms with Crippen molar-refractivity contribution in [3.63, 3.8) is 0 Å². The van der Waals surface area contributed by atoms with Crippen LogP contribution < -0.4 is 11.1 Å². The summed E-state index contributed by atoms with van der Waals surface area (Å²) in [6.07, 6.45) is 2.75. The van der Waals surface area contributed by atoms with E-state index in [1.54, 1.807) is 6.20 Å². The highest BCUT2D eigenvalue weighted by molar-refractivity contribution is 9.10. The summed E-state index contributed by atoms with van der Waals surface area (Å²) in [5, 5.41) is 3.26. The second kappa shape index (κ2) is 7.60. The number of hydrogen-bond donors (Lipinski definition) is 2. The molecule has 0 aromatic carbocycles. The van der Waals surface area contributed by atoms with Gasteiger partial charge in [0, 0.05) is 25.9 Å². The fraction of sp³-hybridized carbons (Fsp3) is 0.545. The van der Waals surface area contributed by atoms with Crippen LogP contribution in [0.2, 0.25) is 0 Å². The van der Waals surface area contributed by atoms with Crippen molar-refractivity contribution < 1.29 is 4.74 Å². The third-order valence-corrected chi connectivity index (χ3v) is 3.10. The average Bonchev–Trinajstić information content (AvgIpc) is 2.29. The Labute approximate surface area is 105 Å². The quantitative estimate of drug-likeness (QED) is 0.753. The second-order valence-electron chi connectivity index (χ2n) is 3.47. The molecule has 0 bridgehead atoms. The summed E-state index contributed by atoms with van der Waals surface area (Å²) in [6.45, 7) is 4.83. The molecular formula is C11H18BrN3O. The van der Waals surface area contributed by atoms with Gasteiger partial charge in [0.25, 0.3) is 0 Å². The van der Waals surface area contributed by atoms with Crippen molar-refractivity contribution in [3.05, 3.63) is 22.3 Å². The first-order valence-corrected chi connectivity index (χ1v) is 6.17. The molecule has 3 N–H and O–H groups in total. The van der Waals surface area contributed by atoms with Gasteiger partial charge in [0.05, 0.1) is 11.1 Å². The van der Waals surface area contributed by atoms with Crippen LogP contribution in [-0.2, 0) is 4.74 Å². The highest BCUT2D eigenvalue weighted by Gasteiger charge is 2.02. The Bertz CT molecular complexity index is 320. The van der Waals surface area contributed by atoms with Crippen LogP contribution in [0.3, 0.4) is 0 Å². The van der Waals surface area contributed by atoms with E-state index in [0.29, 0.717) is 13.2 Å². The number of rotatable bonds is 7. The molecule has 0 spiro atoms. The summed E-state index contributed by atoms with van der Waals surface area (Å²) in [5.74, 6) is 0.888. The van der Waals surface area contributed by atoms with Gasteiger partial charge in [-0.1, -0.05) is 0 Å². The second-order valence-corrected chi connectivity index (χ2v) is 4.26. The number of aromatic nitrogens is 1. The smallest absolute Gasteiger partial charge is 0.140 e. The monoisotopic (exact) mass is 287 g/mol. The molecule has 0 radical (unpaired) electrons. The summed E-state index contributed by atoms with van der Waals surface area (Å²) in [7, 11) is 0. The molecule has 0 atom stereocenters. The van der Waals surface area contributed by atoms with Crippen LogP contribution in [0, 0.1) is 6.92 Å². The van der Waals surface area contributed by atoms with Gasteiger partial charge in [-0.2, -0.15) is 0 Å². The Morgan fingerprint density at radius 3 is 3.06 bits per heavy atom. The minimum absolute atomic E-state index is 0.582. The van der Waals surface area contributed by atoms with Gasteiger partial charge < -0.3 is 15.8 Å². The molecule has 0 saturated carbocycles. The maximum atomic E-state index is 5.31. The molecule has 1 aromatic heterocycles. The number of aryl methyl sites for hydroxylation is 1. The van der Waals surface area contributed by atoms with Crippen LogP contribution in [0.25, 0.3) is 0 Å². The molecule has 0 saturated heterocycles. The number of anilines is 1. The Morgan fingerprint density at radius 2 is 2.31 bits per heavy atom. The van der Waals surface area contributed by atoms with Crippen molar-refractivity contribution in [2.75, 3.05) is 31.6 Å². The van der Waals surface area contributed by atoms with Gasteiger partial charge in [0.2, 0.25) is 0 Å². The molecule has 1 rings (SSSR count). The molecule has 1 aromatic rings. The first kappa shape index (κ1) is 13.4. The van der Waals surface area contributed by atoms with Gasteiger partial charge in [-0.3, -0.25) is 0 Å². The first-order chi connectivity index (χ1) is 7.75. The minimum Gasteiger partial charge on any atom is -0.380 e. The Morgan fingerprint density at radius 1 is 1.50 bits per heavy atom. The van der Waals surface area contributed by atoms with Crippen LogP contribution in [0.4, 0.5) is 5.82 Å². The number of ether oxygens (including phenoxy) is 1. The maximum Gasteiger partial charge on any atom is 0.140 e. The molecule has 16 heavy (non-hydrogen) atoms. The van der Waals surface area contributed by atoms with E-state index in [-0.39, 0.29) is 0 Å². The number of hydrogen-bond acceptors (Lipinski definition) is 4. The number of nitrogens with one attached hydrogen (secondary N) is 1. The lowest BCUT2D eigenvalue weighted by Crippen LogP contribution is -2.12. The minimum atomic E-state index is 0.582. The Balaban J connectivity index is 2.24. The maximum absolute atomic E-state index is 5.31. The molecule has 4 nitrogen and oxygen atoms in total. The zero-order chi connectivity index (χ0) is 11.8. The number of nitrogens with two attached hydrogens (primary N) is 1. The van der Waals surface area contributed by atoms with Crippen molar-refractivity contribution in [1.29, 1.82) is 0 Å². The number of halogens is 1. The van der Waals surface area contributed by atoms with Crippen LogP contribution in [0.1, 0.15) is 12.0 Å². The van der Waals surface area contributed by atoms with Gasteiger partial charge in [-0.25, -0.2) is 4.98 Å². The van der Waals surface area contributed by atoms with Crippen molar-refractivity contribution >= 4 is 21.7 Å². The molecule has 0 aliphatic heterocycles. The molecular weight excluding hydrogens is 270 g/mol. The summed E-state index contributed by atoms with van der Waals surface area (Å²) < 4.78 is 6.30. The van der Waals surface area contributed by atoms with E-state index in [1.165, 1.54) is 5.56 Å². The molecule has 0 aliphatic carbocycles. The van der Waals surface area contributed by atoms with Gasteiger partial charge in [-0.05, 0) is 40.9 Å². The van der Waals surface area contributed by atoms with Crippen LogP contribution >= 0.6 is 15.9 Å². The Kier molecular flexibility index (Phi) is 6.37. The molecule has 0 unspecified atom stereocenters. The summed E-state index contributed by atoms with van der Waals surface area (Å²) in [5.41, 5.74) is 6.49. The third-order valence-electron chi connectivity index (χ3n) is 2.10. The summed E-state index contributed by atoms with van der Waals surface area (Å²) in [4.78, 5) is 4.25. The SMILES string of the molecule is Cc1ccnc(NCCCOCCN)c1Br. The fourth-order valence-electron chi connectivity index (χ4n) is 1.23. The van der Waals surface area contributed by atoms with E-state index in [4.69, 9.17) is 10.5 Å². The van der Waals surface area contributed by atoms with E-state index in [1.807, 2.05) is 13.0 Å². The standard InChI is InChI=1S/C11H18BrN3O/c1-9-3-6-15-11(10(9)12)14-5-2-7-16-8-4-13/h3,6H,2,4-5,7-8,13H2,1H3,(H,14,15). The first-order valence-electron chi connectivity index (χ1n) is 5.38. The van der Waals surface area contributed by atoms with Gasteiger partial charge in [0.15, 0.2) is 0 Å². The van der Waals surface area contributed by atoms with E-state index in [2.05, 4.69) is 26.2 Å². The lowest BCUT2D eigenvalue weighted by Gasteiger charge is -2.08. The number of pyridine rings is 1. The lowest BCUT2D eigenvalue weighted by atomic mass is 10.3. The van der Waals surface area contributed by atoms with E-state index < -0.39 is 0 Å². The summed E-state index contributed by atoms with van der Waals surface area (Å²) >= 11 is 3.50. The molecule has 5 heteroatoms. The molecule has 0 amide bonds. The largest absolute Gasteiger partial charge is 0.380 e. The van der Waals surface area contributed by atoms with Crippen molar-refractivity contribution in [2.45, 2.75) is 13.3 Å². The molecule has 0 fully saturated rings. The zero-order valence-electron chi connectivity index (χ0n) is 9.50. The van der Waals surface area contributed by atoms with Gasteiger partial charge in [-0.15, -0.1) is 0 Å². The molecule has 0 aliphatic rings. The van der Waals surface area contributed by atoms with Crippen LogP contribution in [0.15, 0.2) is 16.7 Å². The number of nitrogens with zero attached hydrogens (tertiary/aromatic N) is 1. The van der Waals surface area contributed by atoms with Crippen LogP contribution in [0.5, 0.6) is 0 Å². The predicted octanol–water partition coefficient (Wildman–Crippen LogP) is 1.93.